The molecule has 1 aliphatic heterocycles. The Kier molecular flexibility index (Phi) is 5.00. The van der Waals surface area contributed by atoms with E-state index in [1.807, 2.05) is 0 Å². The summed E-state index contributed by atoms with van der Waals surface area (Å²) in [6.45, 7) is 0.346. The first-order chi connectivity index (χ1) is 9.57. The van der Waals surface area contributed by atoms with E-state index in [1.54, 1.807) is 24.3 Å². The molecule has 1 amide bonds. The van der Waals surface area contributed by atoms with Gasteiger partial charge in [0, 0.05) is 12.5 Å². The first kappa shape index (κ1) is 15.3. The van der Waals surface area contributed by atoms with Crippen LogP contribution < -0.4 is 5.32 Å². The number of hydrogen-bond donors (Lipinski definition) is 2. The molecule has 0 saturated carbocycles. The van der Waals surface area contributed by atoms with E-state index in [2.05, 4.69) is 10.3 Å². The van der Waals surface area contributed by atoms with Gasteiger partial charge in [-0.1, -0.05) is 0 Å². The lowest BCUT2D eigenvalue weighted by atomic mass is 9.92. The second-order valence-electron chi connectivity index (χ2n) is 4.51. The fourth-order valence-electron chi connectivity index (χ4n) is 2.00. The molecule has 2 heterocycles. The van der Waals surface area contributed by atoms with Crippen LogP contribution in [-0.2, 0) is 16.1 Å². The highest BCUT2D eigenvalue weighted by molar-refractivity contribution is 7.99. The number of aliphatic carboxylic acids is 1. The van der Waals surface area contributed by atoms with E-state index in [-0.39, 0.29) is 5.69 Å². The minimum Gasteiger partial charge on any atom is -0.480 e. The molecule has 0 unspecified atom stereocenters. The Bertz CT molecular complexity index is 497. The summed E-state index contributed by atoms with van der Waals surface area (Å²) in [5, 5.41) is 14.4. The maximum absolute atomic E-state index is 12.2. The number of amides is 1. The fourth-order valence-corrected chi connectivity index (χ4v) is 3.93. The van der Waals surface area contributed by atoms with Gasteiger partial charge in [0.25, 0.3) is 5.91 Å². The molecule has 1 fully saturated rings. The van der Waals surface area contributed by atoms with Gasteiger partial charge in [-0.05, 0) is 24.3 Å². The van der Waals surface area contributed by atoms with Crippen molar-refractivity contribution in [2.75, 3.05) is 18.6 Å². The predicted octanol–water partition coefficient (Wildman–Crippen LogP) is 1.37. The Morgan fingerprint density at radius 3 is 2.80 bits per heavy atom. The van der Waals surface area contributed by atoms with Gasteiger partial charge in [-0.15, -0.1) is 11.3 Å². The molecule has 0 aliphatic carbocycles. The number of aromatic nitrogens is 1. The standard InChI is InChI=1S/C12H16N2O4S2/c1-18-6-9-13-8(7-20-9)10(15)14-12(11(16)17)2-4-19-5-3-12/h7H,2-6H2,1H3,(H,14,15)(H,16,17). The normalized spacial score (nSPS) is 17.6. The number of nitrogens with one attached hydrogen (secondary N) is 1. The molecule has 1 aromatic heterocycles. The molecule has 0 bridgehead atoms. The number of nitrogens with zero attached hydrogens (tertiary/aromatic N) is 1. The van der Waals surface area contributed by atoms with Crippen LogP contribution in [0.1, 0.15) is 28.3 Å². The van der Waals surface area contributed by atoms with Gasteiger partial charge in [0.1, 0.15) is 16.2 Å². The van der Waals surface area contributed by atoms with Crippen molar-refractivity contribution < 1.29 is 19.4 Å². The third kappa shape index (κ3) is 3.31. The first-order valence-corrected chi connectivity index (χ1v) is 8.18. The van der Waals surface area contributed by atoms with Crippen LogP contribution in [-0.4, -0.2) is 46.1 Å². The quantitative estimate of drug-likeness (QED) is 0.853. The minimum absolute atomic E-state index is 0.251. The van der Waals surface area contributed by atoms with E-state index >= 15 is 0 Å². The SMILES string of the molecule is COCc1nc(C(=O)NC2(C(=O)O)CCSCC2)cs1. The first-order valence-electron chi connectivity index (χ1n) is 6.14. The van der Waals surface area contributed by atoms with E-state index in [0.29, 0.717) is 24.5 Å². The van der Waals surface area contributed by atoms with Crippen LogP contribution in [0.3, 0.4) is 0 Å². The Morgan fingerprint density at radius 2 is 2.20 bits per heavy atom. The number of carbonyl (C=O) groups excluding carboxylic acids is 1. The largest absolute Gasteiger partial charge is 0.480 e. The molecule has 2 rings (SSSR count). The van der Waals surface area contributed by atoms with Crippen molar-refractivity contribution >= 4 is 35.0 Å². The Hall–Kier alpha value is -1.12. The highest BCUT2D eigenvalue weighted by Gasteiger charge is 2.41. The van der Waals surface area contributed by atoms with Crippen LogP contribution in [0.25, 0.3) is 0 Å². The van der Waals surface area contributed by atoms with E-state index in [9.17, 15) is 14.7 Å². The van der Waals surface area contributed by atoms with Crippen molar-refractivity contribution in [3.05, 3.63) is 16.1 Å². The third-order valence-corrected chi connectivity index (χ3v) is 4.97. The van der Waals surface area contributed by atoms with E-state index < -0.39 is 17.4 Å². The number of carbonyl (C=O) groups is 2. The number of methoxy groups -OCH3 is 1. The molecule has 0 radical (unpaired) electrons. The van der Waals surface area contributed by atoms with E-state index in [4.69, 9.17) is 4.74 Å². The van der Waals surface area contributed by atoms with Gasteiger partial charge >= 0.3 is 5.97 Å². The minimum atomic E-state index is -1.16. The molecule has 1 aliphatic rings. The van der Waals surface area contributed by atoms with Crippen LogP contribution >= 0.6 is 23.1 Å². The lowest BCUT2D eigenvalue weighted by Gasteiger charge is -2.33. The van der Waals surface area contributed by atoms with Gasteiger partial charge in [0.15, 0.2) is 0 Å². The van der Waals surface area contributed by atoms with Gasteiger partial charge in [-0.3, -0.25) is 4.79 Å². The summed E-state index contributed by atoms with van der Waals surface area (Å²) in [6.07, 6.45) is 0.877. The monoisotopic (exact) mass is 316 g/mol. The molecular weight excluding hydrogens is 300 g/mol. The molecule has 1 saturated heterocycles. The molecule has 2 N–H and O–H groups in total. The molecule has 6 nitrogen and oxygen atoms in total. The van der Waals surface area contributed by atoms with Crippen LogP contribution in [0.4, 0.5) is 0 Å². The summed E-state index contributed by atoms with van der Waals surface area (Å²) in [5.74, 6) is 0.0633. The number of thioether (sulfide) groups is 1. The summed E-state index contributed by atoms with van der Waals surface area (Å²) in [5.41, 5.74) is -0.909. The topological polar surface area (TPSA) is 88.5 Å². The Morgan fingerprint density at radius 1 is 1.50 bits per heavy atom. The molecule has 0 atom stereocenters. The molecule has 0 spiro atoms. The highest BCUT2D eigenvalue weighted by atomic mass is 32.2. The van der Waals surface area contributed by atoms with Gasteiger partial charge in [-0.25, -0.2) is 9.78 Å². The molecule has 1 aromatic rings. The average molecular weight is 316 g/mol. The van der Waals surface area contributed by atoms with Crippen LogP contribution in [0.5, 0.6) is 0 Å². The average Bonchev–Trinajstić information content (AvgIpc) is 2.89. The van der Waals surface area contributed by atoms with Crippen molar-refractivity contribution in [3.63, 3.8) is 0 Å². The molecule has 0 aromatic carbocycles. The number of carboxylic acids is 1. The Balaban J connectivity index is 2.09. The van der Waals surface area contributed by atoms with Crippen molar-refractivity contribution in [2.45, 2.75) is 25.0 Å². The molecular formula is C12H16N2O4S2. The summed E-state index contributed by atoms with van der Waals surface area (Å²) >= 11 is 3.03. The van der Waals surface area contributed by atoms with Crippen molar-refractivity contribution in [1.82, 2.24) is 10.3 Å². The summed E-state index contributed by atoms with van der Waals surface area (Å²) in [7, 11) is 1.56. The highest BCUT2D eigenvalue weighted by Crippen LogP contribution is 2.28. The van der Waals surface area contributed by atoms with E-state index in [0.717, 1.165) is 11.5 Å². The van der Waals surface area contributed by atoms with E-state index in [1.165, 1.54) is 11.3 Å². The number of hydrogen-bond acceptors (Lipinski definition) is 6. The van der Waals surface area contributed by atoms with Crippen LogP contribution in [0.15, 0.2) is 5.38 Å². The Labute approximate surface area is 124 Å². The number of rotatable bonds is 5. The van der Waals surface area contributed by atoms with Gasteiger partial charge < -0.3 is 15.2 Å². The smallest absolute Gasteiger partial charge is 0.329 e. The molecule has 20 heavy (non-hydrogen) atoms. The lowest BCUT2D eigenvalue weighted by Crippen LogP contribution is -2.56. The number of thiazole rings is 1. The zero-order chi connectivity index (χ0) is 14.6. The second kappa shape index (κ2) is 6.55. The van der Waals surface area contributed by atoms with Gasteiger partial charge in [0.05, 0.1) is 6.61 Å². The van der Waals surface area contributed by atoms with Gasteiger partial charge in [0.2, 0.25) is 0 Å². The maximum Gasteiger partial charge on any atom is 0.329 e. The summed E-state index contributed by atoms with van der Waals surface area (Å²) in [6, 6.07) is 0. The van der Waals surface area contributed by atoms with Crippen molar-refractivity contribution in [3.8, 4) is 0 Å². The predicted molar refractivity (Wildman–Crippen MR) is 77.2 cm³/mol. The maximum atomic E-state index is 12.2. The number of carboxylic acid groups (broad SMARTS) is 1. The molecule has 110 valence electrons. The fraction of sp³-hybridized carbons (Fsp3) is 0.583. The van der Waals surface area contributed by atoms with Crippen molar-refractivity contribution in [1.29, 1.82) is 0 Å². The summed E-state index contributed by atoms with van der Waals surface area (Å²) in [4.78, 5) is 27.8. The van der Waals surface area contributed by atoms with Gasteiger partial charge in [-0.2, -0.15) is 11.8 Å². The number of ether oxygens (including phenoxy) is 1. The van der Waals surface area contributed by atoms with Crippen LogP contribution in [0, 0.1) is 0 Å². The lowest BCUT2D eigenvalue weighted by molar-refractivity contribution is -0.144. The third-order valence-electron chi connectivity index (χ3n) is 3.16. The van der Waals surface area contributed by atoms with Crippen LogP contribution in [0.2, 0.25) is 0 Å². The second-order valence-corrected chi connectivity index (χ2v) is 6.68. The summed E-state index contributed by atoms with van der Waals surface area (Å²) < 4.78 is 4.95. The zero-order valence-electron chi connectivity index (χ0n) is 11.0. The molecule has 8 heteroatoms. The van der Waals surface area contributed by atoms with Crippen molar-refractivity contribution in [2.24, 2.45) is 0 Å². The zero-order valence-corrected chi connectivity index (χ0v) is 12.7.